The van der Waals surface area contributed by atoms with Crippen molar-refractivity contribution < 1.29 is 26.7 Å². The van der Waals surface area contributed by atoms with E-state index in [9.17, 15) is 21.9 Å². The number of anilines is 2. The van der Waals surface area contributed by atoms with Gasteiger partial charge in [0.2, 0.25) is 0 Å². The molecule has 0 fully saturated rings. The Morgan fingerprint density at radius 2 is 1.42 bits per heavy atom. The standard InChI is InChI=1S/C23H26N2O6S2/c1-4-16(2)17-9-11-18(12-10-17)32(27,28)25-21-15-19(13-14-22(21)26)33(29,30)24-20-7-5-6-8-23(20)31-3/h5-16,24-26H,4H2,1-3H3. The number of hydrogen-bond acceptors (Lipinski definition) is 6. The van der Waals surface area contributed by atoms with Gasteiger partial charge in [0.25, 0.3) is 20.0 Å². The van der Waals surface area contributed by atoms with Gasteiger partial charge in [-0.1, -0.05) is 38.1 Å². The Balaban J connectivity index is 1.89. The Morgan fingerprint density at radius 3 is 2.06 bits per heavy atom. The van der Waals surface area contributed by atoms with E-state index in [0.717, 1.165) is 24.1 Å². The molecule has 0 bridgehead atoms. The molecule has 0 aliphatic heterocycles. The number of ether oxygens (including phenoxy) is 1. The molecule has 10 heteroatoms. The first-order chi connectivity index (χ1) is 15.6. The van der Waals surface area contributed by atoms with Crippen LogP contribution < -0.4 is 14.2 Å². The molecule has 0 spiro atoms. The molecular formula is C23H26N2O6S2. The Bertz CT molecular complexity index is 1340. The lowest BCUT2D eigenvalue weighted by Gasteiger charge is -2.14. The predicted molar refractivity (Wildman–Crippen MR) is 128 cm³/mol. The monoisotopic (exact) mass is 490 g/mol. The van der Waals surface area contributed by atoms with Crippen molar-refractivity contribution in [3.63, 3.8) is 0 Å². The molecule has 0 saturated heterocycles. The fourth-order valence-corrected chi connectivity index (χ4v) is 5.27. The van der Waals surface area contributed by atoms with E-state index in [1.807, 2.05) is 13.8 Å². The van der Waals surface area contributed by atoms with Crippen LogP contribution in [0.4, 0.5) is 11.4 Å². The van der Waals surface area contributed by atoms with Crippen molar-refractivity contribution in [2.75, 3.05) is 16.6 Å². The second-order valence-electron chi connectivity index (χ2n) is 7.47. The van der Waals surface area contributed by atoms with Gasteiger partial charge in [-0.25, -0.2) is 16.8 Å². The van der Waals surface area contributed by atoms with E-state index in [-0.39, 0.29) is 27.1 Å². The normalized spacial score (nSPS) is 12.7. The summed E-state index contributed by atoms with van der Waals surface area (Å²) in [5, 5.41) is 10.2. The Labute approximate surface area is 194 Å². The van der Waals surface area contributed by atoms with Gasteiger partial charge < -0.3 is 9.84 Å². The van der Waals surface area contributed by atoms with Crippen molar-refractivity contribution in [3.8, 4) is 11.5 Å². The number of rotatable bonds is 9. The van der Waals surface area contributed by atoms with Crippen LogP contribution in [-0.4, -0.2) is 29.1 Å². The lowest BCUT2D eigenvalue weighted by atomic mass is 9.99. The summed E-state index contributed by atoms with van der Waals surface area (Å²) < 4.78 is 61.3. The van der Waals surface area contributed by atoms with Crippen LogP contribution in [0.1, 0.15) is 31.7 Å². The average molecular weight is 491 g/mol. The number of methoxy groups -OCH3 is 1. The SMILES string of the molecule is CCC(C)c1ccc(S(=O)(=O)Nc2cc(S(=O)(=O)Nc3ccccc3OC)ccc2O)cc1. The quantitative estimate of drug-likeness (QED) is 0.379. The first kappa shape index (κ1) is 24.4. The molecule has 1 unspecified atom stereocenters. The van der Waals surface area contributed by atoms with Gasteiger partial charge in [-0.2, -0.15) is 0 Å². The van der Waals surface area contributed by atoms with Crippen molar-refractivity contribution >= 4 is 31.4 Å². The second kappa shape index (κ2) is 9.72. The lowest BCUT2D eigenvalue weighted by molar-refractivity contribution is 0.417. The summed E-state index contributed by atoms with van der Waals surface area (Å²) in [6.07, 6.45) is 0.919. The zero-order valence-electron chi connectivity index (χ0n) is 18.4. The minimum atomic E-state index is -4.10. The maximum absolute atomic E-state index is 12.9. The highest BCUT2D eigenvalue weighted by Gasteiger charge is 2.21. The summed E-state index contributed by atoms with van der Waals surface area (Å²) in [5.41, 5.74) is 0.968. The molecule has 0 radical (unpaired) electrons. The van der Waals surface area contributed by atoms with Gasteiger partial charge in [-0.3, -0.25) is 9.44 Å². The van der Waals surface area contributed by atoms with E-state index in [4.69, 9.17) is 4.74 Å². The number of phenols is 1. The number of aromatic hydroxyl groups is 1. The molecular weight excluding hydrogens is 464 g/mol. The highest BCUT2D eigenvalue weighted by atomic mass is 32.2. The molecule has 3 aromatic rings. The third-order valence-electron chi connectivity index (χ3n) is 5.25. The zero-order chi connectivity index (χ0) is 24.2. The topological polar surface area (TPSA) is 122 Å². The van der Waals surface area contributed by atoms with Crippen molar-refractivity contribution in [1.29, 1.82) is 0 Å². The number of hydrogen-bond donors (Lipinski definition) is 3. The van der Waals surface area contributed by atoms with Crippen LogP contribution in [0.25, 0.3) is 0 Å². The van der Waals surface area contributed by atoms with E-state index in [2.05, 4.69) is 9.44 Å². The molecule has 0 aliphatic carbocycles. The average Bonchev–Trinajstić information content (AvgIpc) is 2.80. The van der Waals surface area contributed by atoms with Crippen molar-refractivity contribution in [2.24, 2.45) is 0 Å². The fourth-order valence-electron chi connectivity index (χ4n) is 3.11. The molecule has 0 saturated carbocycles. The highest BCUT2D eigenvalue weighted by molar-refractivity contribution is 7.93. The minimum Gasteiger partial charge on any atom is -0.506 e. The number of benzene rings is 3. The van der Waals surface area contributed by atoms with Crippen LogP contribution in [-0.2, 0) is 20.0 Å². The van der Waals surface area contributed by atoms with E-state index in [0.29, 0.717) is 5.75 Å². The van der Waals surface area contributed by atoms with E-state index < -0.39 is 25.8 Å². The molecule has 3 N–H and O–H groups in total. The molecule has 0 aliphatic rings. The third-order valence-corrected chi connectivity index (χ3v) is 7.99. The molecule has 3 rings (SSSR count). The largest absolute Gasteiger partial charge is 0.506 e. The van der Waals surface area contributed by atoms with Crippen LogP contribution in [0.3, 0.4) is 0 Å². The van der Waals surface area contributed by atoms with Crippen LogP contribution in [0, 0.1) is 0 Å². The molecule has 176 valence electrons. The van der Waals surface area contributed by atoms with Crippen LogP contribution in [0.15, 0.2) is 76.5 Å². The number of sulfonamides is 2. The highest BCUT2D eigenvalue weighted by Crippen LogP contribution is 2.31. The minimum absolute atomic E-state index is 0.00522. The molecule has 33 heavy (non-hydrogen) atoms. The maximum Gasteiger partial charge on any atom is 0.262 e. The van der Waals surface area contributed by atoms with Crippen LogP contribution in [0.2, 0.25) is 0 Å². The number of para-hydroxylation sites is 2. The number of phenolic OH excluding ortho intramolecular Hbond substituents is 1. The summed E-state index contributed by atoms with van der Waals surface area (Å²) >= 11 is 0. The predicted octanol–water partition coefficient (Wildman–Crippen LogP) is 4.52. The molecule has 0 heterocycles. The van der Waals surface area contributed by atoms with Gasteiger partial charge in [-0.15, -0.1) is 0 Å². The van der Waals surface area contributed by atoms with Gasteiger partial charge in [0.15, 0.2) is 0 Å². The molecule has 3 aromatic carbocycles. The van der Waals surface area contributed by atoms with E-state index in [1.54, 1.807) is 30.3 Å². The molecule has 0 amide bonds. The maximum atomic E-state index is 12.9. The summed E-state index contributed by atoms with van der Waals surface area (Å²) in [6, 6.07) is 16.2. The Morgan fingerprint density at radius 1 is 0.848 bits per heavy atom. The van der Waals surface area contributed by atoms with Crippen LogP contribution in [0.5, 0.6) is 11.5 Å². The first-order valence-electron chi connectivity index (χ1n) is 10.2. The van der Waals surface area contributed by atoms with Crippen molar-refractivity contribution in [2.45, 2.75) is 36.0 Å². The van der Waals surface area contributed by atoms with Gasteiger partial charge in [0, 0.05) is 0 Å². The van der Waals surface area contributed by atoms with Gasteiger partial charge >= 0.3 is 0 Å². The zero-order valence-corrected chi connectivity index (χ0v) is 20.1. The van der Waals surface area contributed by atoms with Gasteiger partial charge in [0.1, 0.15) is 11.5 Å². The van der Waals surface area contributed by atoms with Crippen molar-refractivity contribution in [1.82, 2.24) is 0 Å². The summed E-state index contributed by atoms with van der Waals surface area (Å²) in [4.78, 5) is -0.245. The lowest BCUT2D eigenvalue weighted by Crippen LogP contribution is -2.16. The summed E-state index contributed by atoms with van der Waals surface area (Å²) in [5.74, 6) is 0.198. The number of nitrogens with one attached hydrogen (secondary N) is 2. The summed E-state index contributed by atoms with van der Waals surface area (Å²) in [6.45, 7) is 4.09. The second-order valence-corrected chi connectivity index (χ2v) is 10.8. The van der Waals surface area contributed by atoms with Gasteiger partial charge in [0.05, 0.1) is 28.3 Å². The smallest absolute Gasteiger partial charge is 0.262 e. The fraction of sp³-hybridized carbons (Fsp3) is 0.217. The van der Waals surface area contributed by atoms with Gasteiger partial charge in [-0.05, 0) is 60.4 Å². The molecule has 0 aromatic heterocycles. The Hall–Kier alpha value is -3.24. The first-order valence-corrected chi connectivity index (χ1v) is 13.2. The van der Waals surface area contributed by atoms with Crippen LogP contribution >= 0.6 is 0 Å². The van der Waals surface area contributed by atoms with E-state index >= 15 is 0 Å². The Kier molecular flexibility index (Phi) is 7.19. The third kappa shape index (κ3) is 5.58. The molecule has 1 atom stereocenters. The molecule has 8 nitrogen and oxygen atoms in total. The van der Waals surface area contributed by atoms with Crippen molar-refractivity contribution in [3.05, 3.63) is 72.3 Å². The van der Waals surface area contributed by atoms with E-state index in [1.165, 1.54) is 31.4 Å². The summed E-state index contributed by atoms with van der Waals surface area (Å²) in [7, 11) is -6.75.